The molecule has 1 atom stereocenters. The zero-order valence-corrected chi connectivity index (χ0v) is 12.9. The Morgan fingerprint density at radius 3 is 3.05 bits per heavy atom. The van der Waals surface area contributed by atoms with E-state index in [9.17, 15) is 0 Å². The maximum absolute atomic E-state index is 5.85. The van der Waals surface area contributed by atoms with Crippen LogP contribution in [0.2, 0.25) is 0 Å². The van der Waals surface area contributed by atoms with E-state index in [2.05, 4.69) is 44.6 Å². The molecule has 1 aliphatic rings. The Balaban J connectivity index is 1.67. The van der Waals surface area contributed by atoms with Crippen molar-refractivity contribution in [3.05, 3.63) is 35.7 Å². The first-order valence-corrected chi connectivity index (χ1v) is 7.51. The van der Waals surface area contributed by atoms with Gasteiger partial charge in [0.1, 0.15) is 11.9 Å². The number of aromatic amines is 1. The van der Waals surface area contributed by atoms with Crippen LogP contribution in [0.3, 0.4) is 0 Å². The van der Waals surface area contributed by atoms with Crippen LogP contribution in [0.5, 0.6) is 0 Å². The van der Waals surface area contributed by atoms with Gasteiger partial charge in [0.25, 0.3) is 0 Å². The zero-order chi connectivity index (χ0) is 14.8. The van der Waals surface area contributed by atoms with Gasteiger partial charge in [-0.1, -0.05) is 0 Å². The Morgan fingerprint density at radius 2 is 2.33 bits per heavy atom. The molecule has 1 aliphatic heterocycles. The predicted octanol–water partition coefficient (Wildman–Crippen LogP) is 2.07. The molecule has 21 heavy (non-hydrogen) atoms. The second kappa shape index (κ2) is 5.99. The first-order chi connectivity index (χ1) is 10.1. The van der Waals surface area contributed by atoms with Gasteiger partial charge in [-0.15, -0.1) is 0 Å². The summed E-state index contributed by atoms with van der Waals surface area (Å²) in [5, 5.41) is 4.40. The van der Waals surface area contributed by atoms with Crippen molar-refractivity contribution in [3.8, 4) is 0 Å². The monoisotopic (exact) mass is 289 g/mol. The lowest BCUT2D eigenvalue weighted by molar-refractivity contribution is -0.0376. The van der Waals surface area contributed by atoms with Gasteiger partial charge in [-0.05, 0) is 26.8 Å². The fourth-order valence-electron chi connectivity index (χ4n) is 2.77. The summed E-state index contributed by atoms with van der Waals surface area (Å²) in [6, 6.07) is 2.49. The lowest BCUT2D eigenvalue weighted by Gasteiger charge is -2.32. The Kier molecular flexibility index (Phi) is 4.07. The maximum Gasteiger partial charge on any atom is 0.136 e. The smallest absolute Gasteiger partial charge is 0.136 e. The van der Waals surface area contributed by atoms with Gasteiger partial charge in [0.05, 0.1) is 12.3 Å². The molecule has 1 N–H and O–H groups in total. The van der Waals surface area contributed by atoms with Crippen molar-refractivity contribution in [3.63, 3.8) is 0 Å². The second-order valence-electron chi connectivity index (χ2n) is 5.91. The fourth-order valence-corrected chi connectivity index (χ4v) is 2.77. The number of hydrogen-bond donors (Lipinski definition) is 1. The van der Waals surface area contributed by atoms with Gasteiger partial charge in [-0.2, -0.15) is 5.10 Å². The van der Waals surface area contributed by atoms with Gasteiger partial charge in [-0.25, -0.2) is 4.98 Å². The van der Waals surface area contributed by atoms with Crippen LogP contribution in [-0.2, 0) is 11.3 Å². The summed E-state index contributed by atoms with van der Waals surface area (Å²) in [4.78, 5) is 10.1. The molecule has 1 saturated heterocycles. The van der Waals surface area contributed by atoms with E-state index in [0.717, 1.165) is 37.8 Å². The fraction of sp³-hybridized carbons (Fsp3) is 0.600. The quantitative estimate of drug-likeness (QED) is 0.936. The summed E-state index contributed by atoms with van der Waals surface area (Å²) in [7, 11) is 0. The van der Waals surface area contributed by atoms with E-state index in [1.165, 1.54) is 5.69 Å². The largest absolute Gasteiger partial charge is 0.368 e. The molecule has 2 aromatic rings. The second-order valence-corrected chi connectivity index (χ2v) is 5.91. The number of H-pyrrole nitrogens is 1. The summed E-state index contributed by atoms with van der Waals surface area (Å²) in [6.45, 7) is 9.76. The molecule has 0 amide bonds. The molecule has 3 heterocycles. The molecule has 0 saturated carbocycles. The third kappa shape index (κ3) is 3.16. The number of morpholine rings is 1. The van der Waals surface area contributed by atoms with Gasteiger partial charge in [-0.3, -0.25) is 9.58 Å². The van der Waals surface area contributed by atoms with Crippen LogP contribution >= 0.6 is 0 Å². The molecule has 0 radical (unpaired) electrons. The van der Waals surface area contributed by atoms with Crippen molar-refractivity contribution in [2.45, 2.75) is 39.5 Å². The number of nitrogens with one attached hydrogen (secondary N) is 1. The van der Waals surface area contributed by atoms with Gasteiger partial charge >= 0.3 is 0 Å². The molecule has 2 aromatic heterocycles. The number of aryl methyl sites for hydroxylation is 1. The Bertz CT molecular complexity index is 588. The lowest BCUT2D eigenvalue weighted by Crippen LogP contribution is -2.38. The van der Waals surface area contributed by atoms with Crippen molar-refractivity contribution in [2.75, 3.05) is 19.7 Å². The first kappa shape index (κ1) is 14.3. The average Bonchev–Trinajstić information content (AvgIpc) is 3.08. The third-order valence-electron chi connectivity index (χ3n) is 3.81. The van der Waals surface area contributed by atoms with Crippen molar-refractivity contribution >= 4 is 0 Å². The molecule has 0 aromatic carbocycles. The number of nitrogens with zero attached hydrogens (tertiary/aromatic N) is 4. The zero-order valence-electron chi connectivity index (χ0n) is 12.9. The highest BCUT2D eigenvalue weighted by atomic mass is 16.5. The average molecular weight is 289 g/mol. The molecule has 0 bridgehead atoms. The van der Waals surface area contributed by atoms with Gasteiger partial charge in [0.15, 0.2) is 0 Å². The summed E-state index contributed by atoms with van der Waals surface area (Å²) in [5.74, 6) is 0.926. The predicted molar refractivity (Wildman–Crippen MR) is 79.9 cm³/mol. The molecule has 0 spiro atoms. The van der Waals surface area contributed by atoms with E-state index in [0.29, 0.717) is 6.04 Å². The molecule has 1 fully saturated rings. The van der Waals surface area contributed by atoms with Crippen molar-refractivity contribution in [1.82, 2.24) is 24.6 Å². The Morgan fingerprint density at radius 1 is 1.48 bits per heavy atom. The summed E-state index contributed by atoms with van der Waals surface area (Å²) >= 11 is 0. The Labute approximate surface area is 125 Å². The third-order valence-corrected chi connectivity index (χ3v) is 3.81. The minimum atomic E-state index is 0.0304. The number of ether oxygens (including phenoxy) is 1. The molecule has 0 unspecified atom stereocenters. The van der Waals surface area contributed by atoms with Crippen LogP contribution in [0, 0.1) is 6.92 Å². The molecule has 3 rings (SSSR count). The highest BCUT2D eigenvalue weighted by molar-refractivity contribution is 5.05. The minimum absolute atomic E-state index is 0.0304. The van der Waals surface area contributed by atoms with Crippen molar-refractivity contribution in [1.29, 1.82) is 0 Å². The summed E-state index contributed by atoms with van der Waals surface area (Å²) < 4.78 is 7.93. The summed E-state index contributed by atoms with van der Waals surface area (Å²) in [6.07, 6.45) is 3.76. The topological polar surface area (TPSA) is 59.0 Å². The molecular weight excluding hydrogens is 266 g/mol. The number of imidazole rings is 1. The Hall–Kier alpha value is -1.66. The van der Waals surface area contributed by atoms with Crippen LogP contribution in [0.1, 0.15) is 43.2 Å². The van der Waals surface area contributed by atoms with E-state index >= 15 is 0 Å². The number of aromatic nitrogens is 4. The van der Waals surface area contributed by atoms with E-state index < -0.39 is 0 Å². The normalized spacial score (nSPS) is 20.3. The standard InChI is InChI=1S/C15H23N5O/c1-11(2)20-13(4-5-17-20)9-19-6-7-21-14(10-19)15-16-8-12(3)18-15/h4-5,8,11,14H,6-7,9-10H2,1-3H3,(H,16,18)/t14-/m1/s1. The minimum Gasteiger partial charge on any atom is -0.368 e. The summed E-state index contributed by atoms with van der Waals surface area (Å²) in [5.41, 5.74) is 2.32. The maximum atomic E-state index is 5.85. The van der Waals surface area contributed by atoms with Crippen LogP contribution in [0.15, 0.2) is 18.5 Å². The lowest BCUT2D eigenvalue weighted by atomic mass is 10.2. The molecule has 0 aliphatic carbocycles. The van der Waals surface area contributed by atoms with E-state index in [1.54, 1.807) is 0 Å². The SMILES string of the molecule is Cc1cnc([C@H]2CN(Cc3ccnn3C(C)C)CCO2)[nH]1. The van der Waals surface area contributed by atoms with E-state index in [-0.39, 0.29) is 6.10 Å². The van der Waals surface area contributed by atoms with Gasteiger partial charge in [0.2, 0.25) is 0 Å². The molecular formula is C15H23N5O. The number of rotatable bonds is 4. The highest BCUT2D eigenvalue weighted by Gasteiger charge is 2.24. The van der Waals surface area contributed by atoms with Crippen LogP contribution < -0.4 is 0 Å². The molecule has 6 heteroatoms. The van der Waals surface area contributed by atoms with Crippen LogP contribution in [0.25, 0.3) is 0 Å². The van der Waals surface area contributed by atoms with Gasteiger partial charge in [0, 0.05) is 43.8 Å². The molecule has 6 nitrogen and oxygen atoms in total. The highest BCUT2D eigenvalue weighted by Crippen LogP contribution is 2.21. The number of hydrogen-bond acceptors (Lipinski definition) is 4. The van der Waals surface area contributed by atoms with E-state index in [4.69, 9.17) is 4.74 Å². The molecule has 114 valence electrons. The van der Waals surface area contributed by atoms with Crippen molar-refractivity contribution in [2.24, 2.45) is 0 Å². The van der Waals surface area contributed by atoms with Gasteiger partial charge < -0.3 is 9.72 Å². The van der Waals surface area contributed by atoms with Crippen molar-refractivity contribution < 1.29 is 4.74 Å². The first-order valence-electron chi connectivity index (χ1n) is 7.51. The van der Waals surface area contributed by atoms with Crippen LogP contribution in [0.4, 0.5) is 0 Å². The van der Waals surface area contributed by atoms with E-state index in [1.807, 2.05) is 19.3 Å². The van der Waals surface area contributed by atoms with Crippen LogP contribution in [-0.4, -0.2) is 44.3 Å².